The third kappa shape index (κ3) is 7.91. The average Bonchev–Trinajstić information content (AvgIpc) is 3.94. The van der Waals surface area contributed by atoms with Crippen LogP contribution in [0.3, 0.4) is 0 Å². The van der Waals surface area contributed by atoms with Gasteiger partial charge in [0.05, 0.1) is 46.2 Å². The van der Waals surface area contributed by atoms with Gasteiger partial charge in [-0.1, -0.05) is 121 Å². The summed E-state index contributed by atoms with van der Waals surface area (Å²) in [5.41, 5.74) is 12.0. The monoisotopic (exact) mass is 840 g/mol. The minimum absolute atomic E-state index is 0.0446. The van der Waals surface area contributed by atoms with E-state index in [1.807, 2.05) is 96.4 Å². The van der Waals surface area contributed by atoms with Crippen LogP contribution in [0.15, 0.2) is 145 Å². The molecule has 14 heteroatoms. The molecule has 2 amide bonds. The molecule has 3 unspecified atom stereocenters. The number of benzene rings is 4. The maximum absolute atomic E-state index is 15.3. The molecule has 4 aromatic carbocycles. The Labute approximate surface area is 354 Å². The summed E-state index contributed by atoms with van der Waals surface area (Å²) in [6.45, 7) is 3.85. The molecular weight excluding hydrogens is 801 g/mol. The van der Waals surface area contributed by atoms with E-state index in [1.165, 1.54) is 39.3 Å². The van der Waals surface area contributed by atoms with Crippen molar-refractivity contribution < 1.29 is 23.9 Å². The van der Waals surface area contributed by atoms with Crippen LogP contribution < -0.4 is 21.1 Å². The van der Waals surface area contributed by atoms with Crippen LogP contribution in [-0.4, -0.2) is 50.5 Å². The van der Waals surface area contributed by atoms with Crippen molar-refractivity contribution in [1.82, 2.24) is 25.5 Å². The highest BCUT2D eigenvalue weighted by atomic mass is 32.2. The van der Waals surface area contributed by atoms with Gasteiger partial charge < -0.3 is 20.5 Å². The molecule has 1 fully saturated rings. The number of hydrogen-bond acceptors (Lipinski definition) is 12. The summed E-state index contributed by atoms with van der Waals surface area (Å²) < 4.78 is 11.2. The molecule has 2 aromatic heterocycles. The number of ether oxygens (including phenoxy) is 2. The second kappa shape index (κ2) is 17.4. The number of fused-ring (bicyclic) bond motifs is 1. The van der Waals surface area contributed by atoms with Crippen LogP contribution in [0.1, 0.15) is 51.0 Å². The van der Waals surface area contributed by atoms with Crippen molar-refractivity contribution in [3.63, 3.8) is 0 Å². The van der Waals surface area contributed by atoms with Crippen LogP contribution >= 0.6 is 34.4 Å². The van der Waals surface area contributed by atoms with Crippen molar-refractivity contribution in [3.8, 4) is 5.75 Å². The molecule has 0 bridgehead atoms. The van der Waals surface area contributed by atoms with Crippen LogP contribution in [0.25, 0.3) is 5.57 Å². The zero-order valence-corrected chi connectivity index (χ0v) is 34.4. The van der Waals surface area contributed by atoms with Gasteiger partial charge in [0.15, 0.2) is 5.13 Å². The lowest BCUT2D eigenvalue weighted by Gasteiger charge is -2.47. The van der Waals surface area contributed by atoms with Gasteiger partial charge in [0.1, 0.15) is 29.5 Å². The molecule has 1 saturated heterocycles. The molecule has 2 aliphatic heterocycles. The topological polar surface area (TPSA) is 149 Å². The lowest BCUT2D eigenvalue weighted by molar-refractivity contribution is -0.150. The second-order valence-corrected chi connectivity index (χ2v) is 16.8. The van der Waals surface area contributed by atoms with Gasteiger partial charge in [0.2, 0.25) is 11.8 Å². The second-order valence-electron chi connectivity index (χ2n) is 13.8. The van der Waals surface area contributed by atoms with E-state index in [0.29, 0.717) is 34.0 Å². The number of rotatable bonds is 15. The number of esters is 1. The normalized spacial score (nSPS) is 16.8. The van der Waals surface area contributed by atoms with Crippen LogP contribution in [0, 0.1) is 0 Å². The summed E-state index contributed by atoms with van der Waals surface area (Å²) in [4.78, 5) is 54.3. The van der Waals surface area contributed by atoms with Gasteiger partial charge in [-0.05, 0) is 34.4 Å². The lowest BCUT2D eigenvalue weighted by atomic mass is 9.76. The van der Waals surface area contributed by atoms with E-state index in [-0.39, 0.29) is 29.8 Å². The van der Waals surface area contributed by atoms with E-state index in [1.54, 1.807) is 43.0 Å². The number of nitrogens with zero attached hydrogens (tertiary/aromatic N) is 3. The van der Waals surface area contributed by atoms with Crippen molar-refractivity contribution in [1.29, 1.82) is 0 Å². The molecule has 4 heterocycles. The summed E-state index contributed by atoms with van der Waals surface area (Å²) in [5.74, 6) is -0.677. The Morgan fingerprint density at radius 2 is 1.59 bits per heavy atom. The Balaban J connectivity index is 1.23. The number of hydrogen-bond donors (Lipinski definition) is 3. The van der Waals surface area contributed by atoms with Gasteiger partial charge in [0.25, 0.3) is 0 Å². The number of anilines is 1. The molecule has 0 aliphatic carbocycles. The highest BCUT2D eigenvalue weighted by Crippen LogP contribution is 2.49. The van der Waals surface area contributed by atoms with Gasteiger partial charge in [-0.15, -0.1) is 29.7 Å². The zero-order valence-electron chi connectivity index (χ0n) is 31.9. The van der Waals surface area contributed by atoms with E-state index < -0.39 is 34.2 Å². The molecule has 0 spiro atoms. The number of aromatic nitrogens is 2. The number of carbonyl (C=O) groups is 3. The Morgan fingerprint density at radius 1 is 0.966 bits per heavy atom. The van der Waals surface area contributed by atoms with E-state index in [0.717, 1.165) is 22.3 Å². The fraction of sp³-hybridized carbons (Fsp3) is 0.178. The van der Waals surface area contributed by atoms with Crippen molar-refractivity contribution in [2.45, 2.75) is 41.8 Å². The highest BCUT2D eigenvalue weighted by molar-refractivity contribution is 8.01. The van der Waals surface area contributed by atoms with Crippen molar-refractivity contribution >= 4 is 62.9 Å². The Hall–Kier alpha value is -6.06. The Kier molecular flexibility index (Phi) is 11.7. The first-order chi connectivity index (χ1) is 28.8. The standard InChI is InChI=1S/C45H40N6O5S3/c1-3-13-33-40(59-44(46)48-33)37-39(43(54)56-25-28-20-22-32(55-2)23-21-28)51-35(52)24-36(51)58-42(37)49-41(53)38(34-26-57-27-47-34)50-45(29-14-7-4-8-15-29,30-16-9-5-10-17-30)31-18-11-6-12-19-31/h3-12,14-23,26-27,36,38,42,50H,1,13,24-25H2,2H3,(H2,46,48)(H,49,53). The number of nitrogen functional groups attached to an aromatic ring is 1. The number of allylic oxidation sites excluding steroid dienone is 1. The Morgan fingerprint density at radius 3 is 2.14 bits per heavy atom. The first kappa shape index (κ1) is 39.8. The fourth-order valence-corrected chi connectivity index (χ4v) is 10.5. The van der Waals surface area contributed by atoms with Crippen molar-refractivity contribution in [2.24, 2.45) is 0 Å². The van der Waals surface area contributed by atoms with Crippen molar-refractivity contribution in [3.05, 3.63) is 183 Å². The molecule has 8 rings (SSSR count). The number of β-lactam (4-membered cyclic amide) rings is 1. The average molecular weight is 841 g/mol. The third-order valence-corrected chi connectivity index (χ3v) is 13.1. The molecular formula is C45H40N6O5S3. The first-order valence-corrected chi connectivity index (χ1v) is 21.5. The molecule has 0 radical (unpaired) electrons. The maximum Gasteiger partial charge on any atom is 0.355 e. The number of nitrogens with two attached hydrogens (primary N) is 1. The van der Waals surface area contributed by atoms with Gasteiger partial charge in [-0.25, -0.2) is 14.8 Å². The van der Waals surface area contributed by atoms with Crippen LogP contribution in [0.5, 0.6) is 5.75 Å². The quantitative estimate of drug-likeness (QED) is 0.0412. The molecule has 0 saturated carbocycles. The van der Waals surface area contributed by atoms with Crippen LogP contribution in [0.4, 0.5) is 5.13 Å². The van der Waals surface area contributed by atoms with E-state index >= 15 is 4.79 Å². The molecule has 11 nitrogen and oxygen atoms in total. The van der Waals surface area contributed by atoms with Gasteiger partial charge in [-0.2, -0.15) is 0 Å². The van der Waals surface area contributed by atoms with Crippen LogP contribution in [0.2, 0.25) is 0 Å². The molecule has 59 heavy (non-hydrogen) atoms. The fourth-order valence-electron chi connectivity index (χ4n) is 7.46. The minimum atomic E-state index is -1.02. The number of methoxy groups -OCH3 is 1. The molecule has 6 aromatic rings. The summed E-state index contributed by atoms with van der Waals surface area (Å²) in [5, 5.41) is 7.98. The largest absolute Gasteiger partial charge is 0.497 e. The number of thioether (sulfide) groups is 1. The van der Waals surface area contributed by atoms with Crippen LogP contribution in [-0.2, 0) is 37.7 Å². The lowest BCUT2D eigenvalue weighted by Crippen LogP contribution is -2.58. The summed E-state index contributed by atoms with van der Waals surface area (Å²) >= 11 is 3.94. The summed E-state index contributed by atoms with van der Waals surface area (Å²) in [7, 11) is 1.58. The van der Waals surface area contributed by atoms with E-state index in [2.05, 4.69) is 27.2 Å². The molecule has 2 aliphatic rings. The smallest absolute Gasteiger partial charge is 0.355 e. The molecule has 4 N–H and O–H groups in total. The van der Waals surface area contributed by atoms with Gasteiger partial charge in [-0.3, -0.25) is 19.8 Å². The SMILES string of the molecule is C=CCc1nc(N)sc1C1=C(C(=O)OCc2ccc(OC)cc2)N2C(=O)CC2SC1NC(=O)C(NC(c1ccccc1)(c1ccccc1)c1ccccc1)c1cscn1. The number of thiazole rings is 2. The summed E-state index contributed by atoms with van der Waals surface area (Å²) in [6, 6.07) is 36.2. The zero-order chi connectivity index (χ0) is 40.9. The minimum Gasteiger partial charge on any atom is -0.497 e. The van der Waals surface area contributed by atoms with Gasteiger partial charge >= 0.3 is 5.97 Å². The summed E-state index contributed by atoms with van der Waals surface area (Å²) in [6.07, 6.45) is 2.21. The predicted octanol–water partition coefficient (Wildman–Crippen LogP) is 7.44. The van der Waals surface area contributed by atoms with Gasteiger partial charge in [0, 0.05) is 17.4 Å². The highest BCUT2D eigenvalue weighted by Gasteiger charge is 2.51. The molecule has 298 valence electrons. The number of nitrogens with one attached hydrogen (secondary N) is 2. The third-order valence-electron chi connectivity index (χ3n) is 10.2. The predicted molar refractivity (Wildman–Crippen MR) is 232 cm³/mol. The number of amides is 2. The van der Waals surface area contributed by atoms with Crippen molar-refractivity contribution in [2.75, 3.05) is 12.8 Å². The number of carbonyl (C=O) groups excluding carboxylic acids is 3. The Bertz CT molecular complexity index is 2380. The van der Waals surface area contributed by atoms with E-state index in [4.69, 9.17) is 15.2 Å². The van der Waals surface area contributed by atoms with E-state index in [9.17, 15) is 9.59 Å². The first-order valence-electron chi connectivity index (χ1n) is 18.8. The maximum atomic E-state index is 15.3. The molecule has 3 atom stereocenters.